The van der Waals surface area contributed by atoms with Crippen molar-refractivity contribution in [2.75, 3.05) is 7.05 Å². The van der Waals surface area contributed by atoms with Gasteiger partial charge in [-0.2, -0.15) is 0 Å². The minimum absolute atomic E-state index is 0.144. The molecule has 18 heavy (non-hydrogen) atoms. The van der Waals surface area contributed by atoms with E-state index in [1.807, 2.05) is 0 Å². The van der Waals surface area contributed by atoms with Crippen LogP contribution in [0, 0.1) is 0 Å². The fourth-order valence-corrected chi connectivity index (χ4v) is 1.54. The first kappa shape index (κ1) is 16.4. The van der Waals surface area contributed by atoms with Gasteiger partial charge >= 0.3 is 5.97 Å². The van der Waals surface area contributed by atoms with Crippen LogP contribution < -0.4 is 5.32 Å². The zero-order valence-electron chi connectivity index (χ0n) is 11.3. The van der Waals surface area contributed by atoms with E-state index in [9.17, 15) is 9.59 Å². The first-order valence-corrected chi connectivity index (χ1v) is 6.22. The van der Waals surface area contributed by atoms with E-state index in [2.05, 4.69) is 18.5 Å². The number of carbonyl (C=O) groups excluding carboxylic acids is 2. The highest BCUT2D eigenvalue weighted by Gasteiger charge is 2.17. The van der Waals surface area contributed by atoms with Crippen LogP contribution >= 0.6 is 0 Å². The van der Waals surface area contributed by atoms with Crippen molar-refractivity contribution in [1.82, 2.24) is 5.32 Å². The summed E-state index contributed by atoms with van der Waals surface area (Å²) in [5.41, 5.74) is 0.501. The maximum Gasteiger partial charge on any atom is 0.333 e. The van der Waals surface area contributed by atoms with Crippen LogP contribution in [0.3, 0.4) is 0 Å². The number of ether oxygens (including phenoxy) is 1. The summed E-state index contributed by atoms with van der Waals surface area (Å²) in [6.07, 6.45) is 7.09. The average molecular weight is 253 g/mol. The third-order valence-electron chi connectivity index (χ3n) is 2.61. The molecule has 0 aromatic rings. The minimum atomic E-state index is -0.234. The summed E-state index contributed by atoms with van der Waals surface area (Å²) in [6.45, 7) is 8.45. The molecule has 1 aliphatic carbocycles. The zero-order chi connectivity index (χ0) is 14.0. The van der Waals surface area contributed by atoms with E-state index in [0.29, 0.717) is 5.57 Å². The maximum atomic E-state index is 11.1. The number of rotatable bonds is 3. The normalized spacial score (nSPS) is 14.8. The van der Waals surface area contributed by atoms with Crippen LogP contribution in [0.2, 0.25) is 0 Å². The topological polar surface area (TPSA) is 55.4 Å². The predicted molar refractivity (Wildman–Crippen MR) is 72.0 cm³/mol. The van der Waals surface area contributed by atoms with Gasteiger partial charge in [0.2, 0.25) is 5.91 Å². The van der Waals surface area contributed by atoms with E-state index in [1.54, 1.807) is 14.0 Å². The molecule has 1 rings (SSSR count). The number of likely N-dealkylation sites (N-methyl/N-ethyl adjacent to an activating group) is 1. The van der Waals surface area contributed by atoms with Crippen molar-refractivity contribution < 1.29 is 14.3 Å². The Hall–Kier alpha value is -1.58. The van der Waals surface area contributed by atoms with Gasteiger partial charge in [-0.15, -0.1) is 0 Å². The molecular weight excluding hydrogens is 230 g/mol. The van der Waals surface area contributed by atoms with Gasteiger partial charge in [-0.05, 0) is 38.7 Å². The number of carbonyl (C=O) groups is 2. The van der Waals surface area contributed by atoms with Gasteiger partial charge in [0.25, 0.3) is 0 Å². The van der Waals surface area contributed by atoms with Gasteiger partial charge in [-0.25, -0.2) is 4.79 Å². The Morgan fingerprint density at radius 3 is 2.17 bits per heavy atom. The molecule has 0 aromatic carbocycles. The molecule has 0 radical (unpaired) electrons. The lowest BCUT2D eigenvalue weighted by molar-refractivity contribution is -0.145. The first-order chi connectivity index (χ1) is 8.51. The molecule has 0 saturated heterocycles. The zero-order valence-corrected chi connectivity index (χ0v) is 11.3. The highest BCUT2D eigenvalue weighted by molar-refractivity contribution is 5.87. The number of amides is 1. The Kier molecular flexibility index (Phi) is 8.62. The van der Waals surface area contributed by atoms with Gasteiger partial charge in [-0.3, -0.25) is 4.79 Å². The Morgan fingerprint density at radius 2 is 1.83 bits per heavy atom. The molecule has 1 saturated carbocycles. The summed E-state index contributed by atoms with van der Waals surface area (Å²) in [5, 5.41) is 2.36. The number of nitrogens with one attached hydrogen (secondary N) is 1. The summed E-state index contributed by atoms with van der Waals surface area (Å²) in [7, 11) is 1.56. The molecule has 1 fully saturated rings. The van der Waals surface area contributed by atoms with Crippen LogP contribution in [-0.2, 0) is 14.3 Å². The molecular formula is C14H23NO3. The van der Waals surface area contributed by atoms with E-state index in [4.69, 9.17) is 4.74 Å². The van der Waals surface area contributed by atoms with Crippen LogP contribution in [0.15, 0.2) is 24.8 Å². The molecule has 1 N–H and O–H groups in total. The van der Waals surface area contributed by atoms with E-state index >= 15 is 0 Å². The molecule has 0 bridgehead atoms. The minimum Gasteiger partial charge on any atom is -0.459 e. The molecule has 1 aliphatic rings. The Bertz CT molecular complexity index is 304. The Morgan fingerprint density at radius 1 is 1.28 bits per heavy atom. The van der Waals surface area contributed by atoms with Gasteiger partial charge in [0.15, 0.2) is 0 Å². The third kappa shape index (κ3) is 7.65. The second-order valence-corrected chi connectivity index (χ2v) is 4.26. The summed E-state index contributed by atoms with van der Waals surface area (Å²) in [4.78, 5) is 21.0. The largest absolute Gasteiger partial charge is 0.459 e. The Balaban J connectivity index is 0.000000411. The lowest BCUT2D eigenvalue weighted by Crippen LogP contribution is -2.20. The van der Waals surface area contributed by atoms with Crippen molar-refractivity contribution in [3.05, 3.63) is 24.8 Å². The van der Waals surface area contributed by atoms with Gasteiger partial charge < -0.3 is 10.1 Å². The van der Waals surface area contributed by atoms with Crippen LogP contribution in [-0.4, -0.2) is 25.0 Å². The molecule has 4 nitrogen and oxygen atoms in total. The fraction of sp³-hybridized carbons (Fsp3) is 0.571. The highest BCUT2D eigenvalue weighted by atomic mass is 16.5. The van der Waals surface area contributed by atoms with E-state index in [0.717, 1.165) is 12.8 Å². The Labute approximate surface area is 109 Å². The standard InChI is InChI=1S/C10H16O2.C4H7NO/c1-8(2)10(11)12-9-6-4-3-5-7-9;1-3-4(6)5-2/h9H,1,3-7H2,2H3;3H,1H2,2H3,(H,5,6). The molecule has 0 unspecified atom stereocenters. The molecule has 0 aromatic heterocycles. The second-order valence-electron chi connectivity index (χ2n) is 4.26. The van der Waals surface area contributed by atoms with Crippen molar-refractivity contribution in [2.45, 2.75) is 45.1 Å². The van der Waals surface area contributed by atoms with Crippen molar-refractivity contribution >= 4 is 11.9 Å². The average Bonchev–Trinajstić information content (AvgIpc) is 2.39. The van der Waals surface area contributed by atoms with Crippen molar-refractivity contribution in [1.29, 1.82) is 0 Å². The summed E-state index contributed by atoms with van der Waals surface area (Å²) >= 11 is 0. The van der Waals surface area contributed by atoms with E-state index in [-0.39, 0.29) is 18.0 Å². The van der Waals surface area contributed by atoms with E-state index < -0.39 is 0 Å². The molecule has 0 aliphatic heterocycles. The van der Waals surface area contributed by atoms with Crippen LogP contribution in [0.4, 0.5) is 0 Å². The molecule has 0 spiro atoms. The van der Waals surface area contributed by atoms with E-state index in [1.165, 1.54) is 25.3 Å². The third-order valence-corrected chi connectivity index (χ3v) is 2.61. The van der Waals surface area contributed by atoms with Crippen molar-refractivity contribution in [2.24, 2.45) is 0 Å². The molecule has 1 amide bonds. The number of hydrogen-bond acceptors (Lipinski definition) is 3. The predicted octanol–water partition coefficient (Wildman–Crippen LogP) is 2.36. The smallest absolute Gasteiger partial charge is 0.333 e. The quantitative estimate of drug-likeness (QED) is 0.620. The molecule has 0 atom stereocenters. The van der Waals surface area contributed by atoms with Crippen molar-refractivity contribution in [3.8, 4) is 0 Å². The lowest BCUT2D eigenvalue weighted by Gasteiger charge is -2.21. The molecule has 0 heterocycles. The monoisotopic (exact) mass is 253 g/mol. The van der Waals surface area contributed by atoms with Crippen LogP contribution in [0.1, 0.15) is 39.0 Å². The number of esters is 1. The summed E-state index contributed by atoms with van der Waals surface area (Å²) in [5.74, 6) is -0.378. The summed E-state index contributed by atoms with van der Waals surface area (Å²) < 4.78 is 5.21. The van der Waals surface area contributed by atoms with Crippen molar-refractivity contribution in [3.63, 3.8) is 0 Å². The summed E-state index contributed by atoms with van der Waals surface area (Å²) in [6, 6.07) is 0. The highest BCUT2D eigenvalue weighted by Crippen LogP contribution is 2.20. The SMILES string of the molecule is C=C(C)C(=O)OC1CCCCC1.C=CC(=O)NC. The van der Waals surface area contributed by atoms with Gasteiger partial charge in [-0.1, -0.05) is 19.6 Å². The van der Waals surface area contributed by atoms with Gasteiger partial charge in [0, 0.05) is 12.6 Å². The van der Waals surface area contributed by atoms with Gasteiger partial charge in [0.05, 0.1) is 0 Å². The lowest BCUT2D eigenvalue weighted by atomic mass is 9.98. The fourth-order valence-electron chi connectivity index (χ4n) is 1.54. The molecule has 4 heteroatoms. The van der Waals surface area contributed by atoms with Crippen LogP contribution in [0.5, 0.6) is 0 Å². The maximum absolute atomic E-state index is 11.1. The second kappa shape index (κ2) is 9.45. The number of hydrogen-bond donors (Lipinski definition) is 1. The molecule has 102 valence electrons. The van der Waals surface area contributed by atoms with Crippen LogP contribution in [0.25, 0.3) is 0 Å². The van der Waals surface area contributed by atoms with Gasteiger partial charge in [0.1, 0.15) is 6.10 Å². The first-order valence-electron chi connectivity index (χ1n) is 6.22.